The number of unbranched alkanes of at least 4 members (excludes halogenated alkanes) is 1. The molecule has 0 N–H and O–H groups in total. The van der Waals surface area contributed by atoms with E-state index in [0.29, 0.717) is 12.5 Å². The number of aryl methyl sites for hydroxylation is 1. The van der Waals surface area contributed by atoms with Gasteiger partial charge in [0.05, 0.1) is 6.61 Å². The Morgan fingerprint density at radius 3 is 2.64 bits per heavy atom. The molecule has 0 amide bonds. The van der Waals surface area contributed by atoms with E-state index in [4.69, 9.17) is 9.15 Å². The van der Waals surface area contributed by atoms with Crippen LogP contribution in [0.4, 0.5) is 0 Å². The number of oxazole rings is 1. The smallest absolute Gasteiger partial charge is 0.226 e. The zero-order valence-corrected chi connectivity index (χ0v) is 14.5. The average Bonchev–Trinajstić information content (AvgIpc) is 3.11. The number of hydrogen-bond acceptors (Lipinski definition) is 3. The Balaban J connectivity index is 1.39. The maximum atomic E-state index is 5.68. The van der Waals surface area contributed by atoms with Gasteiger partial charge in [-0.2, -0.15) is 0 Å². The second-order valence-electron chi connectivity index (χ2n) is 6.03. The third kappa shape index (κ3) is 5.44. The van der Waals surface area contributed by atoms with E-state index in [9.17, 15) is 0 Å². The van der Waals surface area contributed by atoms with Gasteiger partial charge in [-0.1, -0.05) is 54.1 Å². The first-order chi connectivity index (χ1) is 12.3. The summed E-state index contributed by atoms with van der Waals surface area (Å²) in [6, 6.07) is 18.4. The molecule has 0 saturated heterocycles. The topological polar surface area (TPSA) is 35.3 Å². The summed E-state index contributed by atoms with van der Waals surface area (Å²) in [6.07, 6.45) is 7.76. The summed E-state index contributed by atoms with van der Waals surface area (Å²) in [5.41, 5.74) is 4.29. The Bertz CT molecular complexity index is 788. The summed E-state index contributed by atoms with van der Waals surface area (Å²) in [5.74, 6) is 0.658. The molecule has 3 rings (SSSR count). The van der Waals surface area contributed by atoms with Gasteiger partial charge in [0.15, 0.2) is 0 Å². The van der Waals surface area contributed by atoms with Crippen molar-refractivity contribution in [1.29, 1.82) is 0 Å². The van der Waals surface area contributed by atoms with Crippen molar-refractivity contribution in [1.82, 2.24) is 4.98 Å². The molecule has 3 heteroatoms. The van der Waals surface area contributed by atoms with Crippen molar-refractivity contribution in [2.45, 2.75) is 26.4 Å². The van der Waals surface area contributed by atoms with E-state index < -0.39 is 0 Å². The highest BCUT2D eigenvalue weighted by Gasteiger charge is 2.04. The summed E-state index contributed by atoms with van der Waals surface area (Å²) in [6.45, 7) is 3.50. The third-order valence-electron chi connectivity index (χ3n) is 3.88. The molecule has 0 aliphatic rings. The minimum Gasteiger partial charge on any atom is -0.444 e. The van der Waals surface area contributed by atoms with E-state index in [2.05, 4.69) is 42.2 Å². The fourth-order valence-corrected chi connectivity index (χ4v) is 2.46. The van der Waals surface area contributed by atoms with Crippen LogP contribution in [0.1, 0.15) is 29.7 Å². The zero-order chi connectivity index (χ0) is 17.3. The van der Waals surface area contributed by atoms with Gasteiger partial charge < -0.3 is 9.15 Å². The Kier molecular flexibility index (Phi) is 6.18. The molecule has 2 aromatic carbocycles. The Hall–Kier alpha value is -2.65. The first kappa shape index (κ1) is 17.2. The van der Waals surface area contributed by atoms with Crippen molar-refractivity contribution < 1.29 is 9.15 Å². The van der Waals surface area contributed by atoms with E-state index >= 15 is 0 Å². The molecule has 3 nitrogen and oxygen atoms in total. The first-order valence-corrected chi connectivity index (χ1v) is 8.62. The standard InChI is InChI=1S/C22H23NO2/c1-18-11-13-20(14-12-18)22-23-21(17-25-22)10-6-3-7-15-24-16-19-8-4-2-5-9-19/h2,4-6,8-14,17H,3,7,15-16H2,1H3. The molecule has 0 aliphatic heterocycles. The molecule has 128 valence electrons. The number of rotatable bonds is 8. The van der Waals surface area contributed by atoms with E-state index in [1.807, 2.05) is 36.4 Å². The van der Waals surface area contributed by atoms with Crippen LogP contribution in [0.5, 0.6) is 0 Å². The van der Waals surface area contributed by atoms with E-state index in [1.54, 1.807) is 6.26 Å². The Morgan fingerprint density at radius 1 is 1.04 bits per heavy atom. The van der Waals surface area contributed by atoms with Gasteiger partial charge in [0.1, 0.15) is 12.0 Å². The van der Waals surface area contributed by atoms with Crippen LogP contribution in [-0.2, 0) is 11.3 Å². The zero-order valence-electron chi connectivity index (χ0n) is 14.5. The number of hydrogen-bond donors (Lipinski definition) is 0. The molecule has 1 heterocycles. The lowest BCUT2D eigenvalue weighted by atomic mass is 10.1. The highest BCUT2D eigenvalue weighted by molar-refractivity contribution is 5.56. The first-order valence-electron chi connectivity index (χ1n) is 8.62. The lowest BCUT2D eigenvalue weighted by molar-refractivity contribution is 0.119. The summed E-state index contributed by atoms with van der Waals surface area (Å²) in [4.78, 5) is 4.50. The second kappa shape index (κ2) is 9.00. The minimum absolute atomic E-state index is 0.658. The molecule has 0 fully saturated rings. The molecule has 1 aromatic heterocycles. The van der Waals surface area contributed by atoms with Crippen molar-refractivity contribution >= 4 is 6.08 Å². The fourth-order valence-electron chi connectivity index (χ4n) is 2.46. The highest BCUT2D eigenvalue weighted by Crippen LogP contribution is 2.19. The highest BCUT2D eigenvalue weighted by atomic mass is 16.5. The van der Waals surface area contributed by atoms with Crippen LogP contribution in [0.15, 0.2) is 71.4 Å². The lowest BCUT2D eigenvalue weighted by Gasteiger charge is -2.02. The number of allylic oxidation sites excluding steroid dienone is 1. The van der Waals surface area contributed by atoms with Crippen molar-refractivity contribution in [3.05, 3.63) is 83.8 Å². The number of benzene rings is 2. The molecule has 0 saturated carbocycles. The van der Waals surface area contributed by atoms with Crippen molar-refractivity contribution in [2.24, 2.45) is 0 Å². The van der Waals surface area contributed by atoms with Gasteiger partial charge in [-0.25, -0.2) is 4.98 Å². The second-order valence-corrected chi connectivity index (χ2v) is 6.03. The van der Waals surface area contributed by atoms with Crippen molar-refractivity contribution in [3.63, 3.8) is 0 Å². The molecule has 0 unspecified atom stereocenters. The van der Waals surface area contributed by atoms with Crippen LogP contribution in [0, 0.1) is 6.92 Å². The van der Waals surface area contributed by atoms with Crippen LogP contribution in [0.3, 0.4) is 0 Å². The number of nitrogens with zero attached hydrogens (tertiary/aromatic N) is 1. The van der Waals surface area contributed by atoms with Gasteiger partial charge in [-0.15, -0.1) is 0 Å². The van der Waals surface area contributed by atoms with Crippen LogP contribution in [0.2, 0.25) is 0 Å². The van der Waals surface area contributed by atoms with E-state index in [-0.39, 0.29) is 0 Å². The van der Waals surface area contributed by atoms with Crippen LogP contribution >= 0.6 is 0 Å². The quantitative estimate of drug-likeness (QED) is 0.499. The van der Waals surface area contributed by atoms with E-state index in [1.165, 1.54) is 11.1 Å². The van der Waals surface area contributed by atoms with Gasteiger partial charge >= 0.3 is 0 Å². The normalized spacial score (nSPS) is 11.2. The maximum Gasteiger partial charge on any atom is 0.226 e. The predicted molar refractivity (Wildman–Crippen MR) is 101 cm³/mol. The molecule has 0 atom stereocenters. The van der Waals surface area contributed by atoms with Crippen LogP contribution < -0.4 is 0 Å². The van der Waals surface area contributed by atoms with E-state index in [0.717, 1.165) is 30.7 Å². The molecule has 3 aromatic rings. The molecule has 25 heavy (non-hydrogen) atoms. The number of ether oxygens (including phenoxy) is 1. The van der Waals surface area contributed by atoms with Crippen LogP contribution in [-0.4, -0.2) is 11.6 Å². The lowest BCUT2D eigenvalue weighted by Crippen LogP contribution is -1.94. The fraction of sp³-hybridized carbons (Fsp3) is 0.227. The van der Waals surface area contributed by atoms with Gasteiger partial charge in [0.2, 0.25) is 5.89 Å². The predicted octanol–water partition coefficient (Wildman–Crippen LogP) is 5.66. The average molecular weight is 333 g/mol. The SMILES string of the molecule is Cc1ccc(-c2nc(C=CCCCOCc3ccccc3)co2)cc1. The molecule has 0 bridgehead atoms. The van der Waals surface area contributed by atoms with Gasteiger partial charge in [0.25, 0.3) is 0 Å². The number of aromatic nitrogens is 1. The Morgan fingerprint density at radius 2 is 1.84 bits per heavy atom. The summed E-state index contributed by atoms with van der Waals surface area (Å²) < 4.78 is 11.2. The summed E-state index contributed by atoms with van der Waals surface area (Å²) in [5, 5.41) is 0. The van der Waals surface area contributed by atoms with Gasteiger partial charge in [-0.3, -0.25) is 0 Å². The van der Waals surface area contributed by atoms with Crippen LogP contribution in [0.25, 0.3) is 17.5 Å². The van der Waals surface area contributed by atoms with Crippen molar-refractivity contribution in [2.75, 3.05) is 6.61 Å². The monoisotopic (exact) mass is 333 g/mol. The van der Waals surface area contributed by atoms with Crippen molar-refractivity contribution in [3.8, 4) is 11.5 Å². The summed E-state index contributed by atoms with van der Waals surface area (Å²) in [7, 11) is 0. The van der Waals surface area contributed by atoms with Gasteiger partial charge in [-0.05, 0) is 43.5 Å². The molecule has 0 radical (unpaired) electrons. The largest absolute Gasteiger partial charge is 0.444 e. The van der Waals surface area contributed by atoms with Gasteiger partial charge in [0, 0.05) is 12.2 Å². The molecular formula is C22H23NO2. The Labute approximate surface area is 149 Å². The molecule has 0 spiro atoms. The summed E-state index contributed by atoms with van der Waals surface area (Å²) >= 11 is 0. The third-order valence-corrected chi connectivity index (χ3v) is 3.88. The molecular weight excluding hydrogens is 310 g/mol. The minimum atomic E-state index is 0.658. The maximum absolute atomic E-state index is 5.68. The molecule has 0 aliphatic carbocycles.